The van der Waals surface area contributed by atoms with Gasteiger partial charge < -0.3 is 9.15 Å². The highest BCUT2D eigenvalue weighted by Gasteiger charge is 2.20. The molecule has 0 amide bonds. The zero-order valence-corrected chi connectivity index (χ0v) is 14.9. The summed E-state index contributed by atoms with van der Waals surface area (Å²) in [6.45, 7) is -1.22. The molecule has 0 bridgehead atoms. The first-order chi connectivity index (χ1) is 12.9. The highest BCUT2D eigenvalue weighted by molar-refractivity contribution is 8.00. The van der Waals surface area contributed by atoms with Crippen LogP contribution in [0.4, 0.5) is 13.2 Å². The molecule has 3 rings (SSSR count). The molecule has 1 heterocycles. The molecule has 0 saturated heterocycles. The number of thioether (sulfide) groups is 1. The second kappa shape index (κ2) is 8.30. The van der Waals surface area contributed by atoms with E-state index in [0.717, 1.165) is 11.8 Å². The van der Waals surface area contributed by atoms with Gasteiger partial charge in [0.1, 0.15) is 11.6 Å². The quantitative estimate of drug-likeness (QED) is 0.395. The van der Waals surface area contributed by atoms with Crippen LogP contribution in [0.2, 0.25) is 0 Å². The van der Waals surface area contributed by atoms with E-state index >= 15 is 0 Å². The molecule has 0 N–H and O–H groups in total. The van der Waals surface area contributed by atoms with E-state index in [9.17, 15) is 18.0 Å². The minimum Gasteiger partial charge on any atom is -0.435 e. The van der Waals surface area contributed by atoms with Crippen LogP contribution in [0.25, 0.3) is 11.3 Å². The molecule has 1 aromatic heterocycles. The van der Waals surface area contributed by atoms with E-state index in [4.69, 9.17) is 4.42 Å². The summed E-state index contributed by atoms with van der Waals surface area (Å²) < 4.78 is 47.2. The fourth-order valence-corrected chi connectivity index (χ4v) is 3.10. The number of rotatable bonds is 7. The largest absolute Gasteiger partial charge is 0.435 e. The van der Waals surface area contributed by atoms with E-state index in [1.54, 1.807) is 19.1 Å². The van der Waals surface area contributed by atoms with Gasteiger partial charge in [-0.2, -0.15) is 8.78 Å². The number of hydrogen-bond donors (Lipinski definition) is 0. The number of ether oxygens (including phenoxy) is 1. The monoisotopic (exact) mass is 393 g/mol. The van der Waals surface area contributed by atoms with Gasteiger partial charge >= 0.3 is 6.61 Å². The lowest BCUT2D eigenvalue weighted by atomic mass is 10.1. The van der Waals surface area contributed by atoms with Crippen molar-refractivity contribution in [2.45, 2.75) is 24.0 Å². The molecule has 3 aromatic rings. The van der Waals surface area contributed by atoms with Crippen molar-refractivity contribution in [2.24, 2.45) is 0 Å². The van der Waals surface area contributed by atoms with E-state index in [0.29, 0.717) is 22.1 Å². The minimum absolute atomic E-state index is 0.0153. The van der Waals surface area contributed by atoms with Crippen molar-refractivity contribution in [3.63, 3.8) is 0 Å². The Kier molecular flexibility index (Phi) is 5.85. The van der Waals surface area contributed by atoms with Crippen LogP contribution in [0.5, 0.6) is 5.75 Å². The number of ketones is 1. The fourth-order valence-electron chi connectivity index (χ4n) is 2.30. The molecule has 4 nitrogen and oxygen atoms in total. The molecule has 0 aliphatic carbocycles. The van der Waals surface area contributed by atoms with E-state index in [-0.39, 0.29) is 17.3 Å². The van der Waals surface area contributed by atoms with Crippen LogP contribution in [0.15, 0.2) is 64.4 Å². The molecular formula is C19H14F3NO3S. The first kappa shape index (κ1) is 19.0. The molecule has 0 saturated carbocycles. The molecule has 0 aliphatic heterocycles. The second-order valence-corrected chi connectivity index (χ2v) is 6.82. The average Bonchev–Trinajstić information content (AvgIpc) is 3.10. The predicted molar refractivity (Wildman–Crippen MR) is 94.6 cm³/mol. The number of benzene rings is 2. The normalized spacial score (nSPS) is 12.2. The second-order valence-electron chi connectivity index (χ2n) is 5.52. The molecule has 0 fully saturated rings. The van der Waals surface area contributed by atoms with Crippen LogP contribution in [0, 0.1) is 5.82 Å². The number of carbonyl (C=O) groups excluding carboxylic acids is 1. The van der Waals surface area contributed by atoms with E-state index in [1.807, 2.05) is 0 Å². The lowest BCUT2D eigenvalue weighted by molar-refractivity contribution is -0.0498. The molecule has 0 spiro atoms. The van der Waals surface area contributed by atoms with E-state index in [2.05, 4.69) is 9.72 Å². The van der Waals surface area contributed by atoms with Crippen molar-refractivity contribution < 1.29 is 27.1 Å². The highest BCUT2D eigenvalue weighted by atomic mass is 32.2. The predicted octanol–water partition coefficient (Wildman–Crippen LogP) is 5.45. The van der Waals surface area contributed by atoms with Crippen LogP contribution in [-0.4, -0.2) is 22.6 Å². The lowest BCUT2D eigenvalue weighted by Gasteiger charge is -2.09. The Morgan fingerprint density at radius 1 is 1.11 bits per heavy atom. The Morgan fingerprint density at radius 3 is 2.41 bits per heavy atom. The molecule has 8 heteroatoms. The zero-order valence-electron chi connectivity index (χ0n) is 14.1. The summed E-state index contributed by atoms with van der Waals surface area (Å²) in [5, 5.41) is -0.209. The lowest BCUT2D eigenvalue weighted by Crippen LogP contribution is -2.13. The number of alkyl halides is 2. The summed E-state index contributed by atoms with van der Waals surface area (Å²) in [5.74, 6) is -0.105. The first-order valence-corrected chi connectivity index (χ1v) is 8.78. The van der Waals surface area contributed by atoms with Crippen LogP contribution >= 0.6 is 11.8 Å². The third kappa shape index (κ3) is 4.91. The Balaban J connectivity index is 1.65. The van der Waals surface area contributed by atoms with Crippen LogP contribution in [0.3, 0.4) is 0 Å². The third-order valence-electron chi connectivity index (χ3n) is 3.62. The smallest absolute Gasteiger partial charge is 0.387 e. The van der Waals surface area contributed by atoms with Crippen molar-refractivity contribution in [3.05, 3.63) is 66.1 Å². The molecule has 27 heavy (non-hydrogen) atoms. The van der Waals surface area contributed by atoms with Gasteiger partial charge in [-0.1, -0.05) is 11.8 Å². The van der Waals surface area contributed by atoms with Gasteiger partial charge in [0.15, 0.2) is 11.5 Å². The summed E-state index contributed by atoms with van der Waals surface area (Å²) in [6.07, 6.45) is 1.50. The Morgan fingerprint density at radius 2 is 1.78 bits per heavy atom. The van der Waals surface area contributed by atoms with Gasteiger partial charge in [-0.25, -0.2) is 9.37 Å². The highest BCUT2D eigenvalue weighted by Crippen LogP contribution is 2.29. The number of aromatic nitrogens is 1. The topological polar surface area (TPSA) is 52.3 Å². The number of carbonyl (C=O) groups is 1. The van der Waals surface area contributed by atoms with E-state index in [1.165, 1.54) is 42.6 Å². The number of halogens is 3. The standard InChI is InChI=1S/C19H14F3NO3S/c1-11(17(24)13-4-8-15(9-5-13)25-18(21)22)27-19-23-10-16(26-19)12-2-6-14(20)7-3-12/h2-11,18H,1H3. The van der Waals surface area contributed by atoms with Gasteiger partial charge in [0.05, 0.1) is 11.4 Å². The van der Waals surface area contributed by atoms with Crippen molar-refractivity contribution in [1.29, 1.82) is 0 Å². The number of nitrogens with zero attached hydrogens (tertiary/aromatic N) is 1. The van der Waals surface area contributed by atoms with Crippen molar-refractivity contribution in [2.75, 3.05) is 0 Å². The fraction of sp³-hybridized carbons (Fsp3) is 0.158. The van der Waals surface area contributed by atoms with Crippen LogP contribution < -0.4 is 4.74 Å². The summed E-state index contributed by atoms with van der Waals surface area (Å²) in [4.78, 5) is 16.6. The van der Waals surface area contributed by atoms with Crippen LogP contribution in [0.1, 0.15) is 17.3 Å². The molecule has 2 aromatic carbocycles. The maximum absolute atomic E-state index is 13.0. The van der Waals surface area contributed by atoms with Gasteiger partial charge in [-0.05, 0) is 55.5 Å². The van der Waals surface area contributed by atoms with Crippen molar-refractivity contribution in [1.82, 2.24) is 4.98 Å². The average molecular weight is 393 g/mol. The summed E-state index contributed by atoms with van der Waals surface area (Å²) in [5.41, 5.74) is 1.03. The summed E-state index contributed by atoms with van der Waals surface area (Å²) >= 11 is 1.13. The van der Waals surface area contributed by atoms with Gasteiger partial charge in [0.25, 0.3) is 5.22 Å². The van der Waals surface area contributed by atoms with Gasteiger partial charge in [-0.15, -0.1) is 0 Å². The Hall–Kier alpha value is -2.74. The summed E-state index contributed by atoms with van der Waals surface area (Å²) in [7, 11) is 0. The summed E-state index contributed by atoms with van der Waals surface area (Å²) in [6, 6.07) is 11.3. The molecular weight excluding hydrogens is 379 g/mol. The molecule has 1 unspecified atom stereocenters. The maximum Gasteiger partial charge on any atom is 0.387 e. The zero-order chi connectivity index (χ0) is 19.4. The molecule has 0 aliphatic rings. The molecule has 140 valence electrons. The Bertz CT molecular complexity index is 911. The molecule has 1 atom stereocenters. The molecule has 0 radical (unpaired) electrons. The van der Waals surface area contributed by atoms with Crippen LogP contribution in [-0.2, 0) is 0 Å². The van der Waals surface area contributed by atoms with Gasteiger partial charge in [0, 0.05) is 11.1 Å². The van der Waals surface area contributed by atoms with Gasteiger partial charge in [0.2, 0.25) is 0 Å². The number of oxazole rings is 1. The van der Waals surface area contributed by atoms with Crippen molar-refractivity contribution >= 4 is 17.5 Å². The Labute approximate surface area is 157 Å². The number of hydrogen-bond acceptors (Lipinski definition) is 5. The first-order valence-electron chi connectivity index (χ1n) is 7.90. The van der Waals surface area contributed by atoms with Crippen molar-refractivity contribution in [3.8, 4) is 17.1 Å². The van der Waals surface area contributed by atoms with E-state index < -0.39 is 11.9 Å². The maximum atomic E-state index is 13.0. The third-order valence-corrected chi connectivity index (χ3v) is 4.58. The number of Topliss-reactive ketones (excluding diaryl/α,β-unsaturated/α-hetero) is 1. The SMILES string of the molecule is CC(Sc1ncc(-c2ccc(F)cc2)o1)C(=O)c1ccc(OC(F)F)cc1. The minimum atomic E-state index is -2.92. The van der Waals surface area contributed by atoms with Gasteiger partial charge in [-0.3, -0.25) is 4.79 Å².